The van der Waals surface area contributed by atoms with Gasteiger partial charge in [0.1, 0.15) is 5.78 Å². The first-order valence-electron chi connectivity index (χ1n) is 10.7. The van der Waals surface area contributed by atoms with Crippen LogP contribution in [0.15, 0.2) is 60.7 Å². The van der Waals surface area contributed by atoms with Crippen molar-refractivity contribution in [2.45, 2.75) is 50.9 Å². The molecule has 1 heterocycles. The van der Waals surface area contributed by atoms with E-state index in [1.165, 1.54) is 0 Å². The molecule has 1 aliphatic heterocycles. The van der Waals surface area contributed by atoms with E-state index < -0.39 is 0 Å². The third-order valence-electron chi connectivity index (χ3n) is 6.45. The second-order valence-corrected chi connectivity index (χ2v) is 8.18. The molecule has 0 unspecified atom stereocenters. The summed E-state index contributed by atoms with van der Waals surface area (Å²) in [6.45, 7) is 0.763. The maximum atomic E-state index is 13.7. The molecule has 146 valence electrons. The summed E-state index contributed by atoms with van der Waals surface area (Å²) in [6.07, 6.45) is 6.56. The molecular formula is C25H29NO2. The fourth-order valence-electron chi connectivity index (χ4n) is 5.08. The van der Waals surface area contributed by atoms with Crippen molar-refractivity contribution in [2.75, 3.05) is 11.4 Å². The van der Waals surface area contributed by atoms with Crippen LogP contribution in [-0.2, 0) is 9.59 Å². The molecule has 2 aromatic carbocycles. The normalized spacial score (nSPS) is 24.6. The Morgan fingerprint density at radius 1 is 0.750 bits per heavy atom. The molecule has 0 bridgehead atoms. The van der Waals surface area contributed by atoms with Gasteiger partial charge in [0.15, 0.2) is 0 Å². The number of anilines is 1. The fraction of sp³-hybridized carbons (Fsp3) is 0.440. The Balaban J connectivity index is 1.71. The van der Waals surface area contributed by atoms with E-state index in [1.54, 1.807) is 0 Å². The molecule has 2 fully saturated rings. The van der Waals surface area contributed by atoms with E-state index in [-0.39, 0.29) is 23.7 Å². The van der Waals surface area contributed by atoms with E-state index in [1.807, 2.05) is 53.4 Å². The Morgan fingerprint density at radius 2 is 1.39 bits per heavy atom. The number of benzene rings is 2. The Morgan fingerprint density at radius 3 is 2.11 bits per heavy atom. The van der Waals surface area contributed by atoms with Gasteiger partial charge in [-0.15, -0.1) is 0 Å². The van der Waals surface area contributed by atoms with Gasteiger partial charge < -0.3 is 4.90 Å². The Labute approximate surface area is 167 Å². The molecule has 0 spiro atoms. The standard InChI is InChI=1S/C25H29NO2/c27-23-17-8-7-15-21(23)24(19-11-3-1-4-12-19)22-16-9-10-18-26(25(22)28)20-13-5-2-6-14-20/h1-6,11-14,21-22,24H,7-10,15-18H2/t21-,22+,24+/m1/s1. The lowest BCUT2D eigenvalue weighted by Crippen LogP contribution is -2.41. The average Bonchev–Trinajstić information content (AvgIpc) is 2.93. The molecule has 3 nitrogen and oxygen atoms in total. The zero-order valence-electron chi connectivity index (χ0n) is 16.4. The first kappa shape index (κ1) is 18.9. The highest BCUT2D eigenvalue weighted by molar-refractivity contribution is 5.96. The molecule has 1 saturated carbocycles. The average molecular weight is 376 g/mol. The maximum absolute atomic E-state index is 13.7. The highest BCUT2D eigenvalue weighted by atomic mass is 16.2. The first-order valence-corrected chi connectivity index (χ1v) is 10.7. The Hall–Kier alpha value is -2.42. The summed E-state index contributed by atoms with van der Waals surface area (Å²) in [5.41, 5.74) is 2.12. The van der Waals surface area contributed by atoms with Crippen LogP contribution in [0.3, 0.4) is 0 Å². The Kier molecular flexibility index (Phi) is 5.90. The Bertz CT molecular complexity index is 802. The summed E-state index contributed by atoms with van der Waals surface area (Å²) >= 11 is 0. The van der Waals surface area contributed by atoms with Gasteiger partial charge in [0.2, 0.25) is 5.91 Å². The number of hydrogen-bond donors (Lipinski definition) is 0. The van der Waals surface area contributed by atoms with E-state index in [0.29, 0.717) is 12.2 Å². The van der Waals surface area contributed by atoms with Crippen LogP contribution < -0.4 is 4.90 Å². The number of nitrogens with zero attached hydrogens (tertiary/aromatic N) is 1. The van der Waals surface area contributed by atoms with E-state index in [4.69, 9.17) is 0 Å². The second kappa shape index (κ2) is 8.72. The molecule has 3 heteroatoms. The van der Waals surface area contributed by atoms with Crippen molar-refractivity contribution >= 4 is 17.4 Å². The monoisotopic (exact) mass is 375 g/mol. The minimum atomic E-state index is -0.128. The molecule has 0 radical (unpaired) electrons. The zero-order chi connectivity index (χ0) is 19.3. The van der Waals surface area contributed by atoms with Crippen LogP contribution in [0.25, 0.3) is 0 Å². The smallest absolute Gasteiger partial charge is 0.230 e. The van der Waals surface area contributed by atoms with Crippen molar-refractivity contribution in [1.82, 2.24) is 0 Å². The van der Waals surface area contributed by atoms with Crippen molar-refractivity contribution in [3.05, 3.63) is 66.2 Å². The lowest BCUT2D eigenvalue weighted by atomic mass is 9.69. The summed E-state index contributed by atoms with van der Waals surface area (Å²) in [7, 11) is 0. The number of carbonyl (C=O) groups is 2. The third kappa shape index (κ3) is 3.89. The molecule has 1 amide bonds. The third-order valence-corrected chi connectivity index (χ3v) is 6.45. The number of Topliss-reactive ketones (excluding diaryl/α,β-unsaturated/α-hetero) is 1. The number of rotatable bonds is 4. The lowest BCUT2D eigenvalue weighted by Gasteiger charge is -2.36. The largest absolute Gasteiger partial charge is 0.312 e. The predicted molar refractivity (Wildman–Crippen MR) is 112 cm³/mol. The highest BCUT2D eigenvalue weighted by Gasteiger charge is 2.41. The second-order valence-electron chi connectivity index (χ2n) is 8.18. The molecule has 2 aromatic rings. The molecular weight excluding hydrogens is 346 g/mol. The summed E-state index contributed by atoms with van der Waals surface area (Å²) in [6, 6.07) is 20.3. The fourth-order valence-corrected chi connectivity index (χ4v) is 5.08. The molecule has 1 aliphatic carbocycles. The number of para-hydroxylation sites is 1. The van der Waals surface area contributed by atoms with Gasteiger partial charge in [-0.25, -0.2) is 0 Å². The molecule has 0 aromatic heterocycles. The SMILES string of the molecule is O=C1CCCC[C@H]1[C@H](c1ccccc1)[C@@H]1CCCCN(c2ccccc2)C1=O. The quantitative estimate of drug-likeness (QED) is 0.721. The minimum absolute atomic E-state index is 0.00851. The van der Waals surface area contributed by atoms with Crippen LogP contribution in [0.4, 0.5) is 5.69 Å². The number of amides is 1. The van der Waals surface area contributed by atoms with Crippen LogP contribution in [0.5, 0.6) is 0 Å². The van der Waals surface area contributed by atoms with Gasteiger partial charge in [-0.2, -0.15) is 0 Å². The van der Waals surface area contributed by atoms with Gasteiger partial charge in [0, 0.05) is 36.4 Å². The van der Waals surface area contributed by atoms with Gasteiger partial charge in [-0.3, -0.25) is 9.59 Å². The van der Waals surface area contributed by atoms with Crippen LogP contribution >= 0.6 is 0 Å². The van der Waals surface area contributed by atoms with Crippen molar-refractivity contribution in [3.63, 3.8) is 0 Å². The predicted octanol–water partition coefficient (Wildman–Crippen LogP) is 5.36. The summed E-state index contributed by atoms with van der Waals surface area (Å²) in [5.74, 6) is 0.378. The summed E-state index contributed by atoms with van der Waals surface area (Å²) < 4.78 is 0. The summed E-state index contributed by atoms with van der Waals surface area (Å²) in [4.78, 5) is 28.6. The van der Waals surface area contributed by atoms with E-state index in [9.17, 15) is 9.59 Å². The molecule has 2 aliphatic rings. The number of hydrogen-bond acceptors (Lipinski definition) is 2. The van der Waals surface area contributed by atoms with E-state index in [0.717, 1.165) is 56.3 Å². The summed E-state index contributed by atoms with van der Waals surface area (Å²) in [5, 5.41) is 0. The topological polar surface area (TPSA) is 37.4 Å². The molecule has 1 saturated heterocycles. The molecule has 28 heavy (non-hydrogen) atoms. The van der Waals surface area contributed by atoms with Crippen molar-refractivity contribution in [2.24, 2.45) is 11.8 Å². The van der Waals surface area contributed by atoms with Gasteiger partial charge in [0.05, 0.1) is 0 Å². The lowest BCUT2D eigenvalue weighted by molar-refractivity contribution is -0.128. The zero-order valence-corrected chi connectivity index (χ0v) is 16.4. The van der Waals surface area contributed by atoms with Gasteiger partial charge in [-0.05, 0) is 43.4 Å². The van der Waals surface area contributed by atoms with Crippen LogP contribution in [0.1, 0.15) is 56.4 Å². The van der Waals surface area contributed by atoms with Crippen LogP contribution in [0.2, 0.25) is 0 Å². The molecule has 4 rings (SSSR count). The molecule has 0 N–H and O–H groups in total. The first-order chi connectivity index (χ1) is 13.8. The van der Waals surface area contributed by atoms with Crippen molar-refractivity contribution < 1.29 is 9.59 Å². The van der Waals surface area contributed by atoms with Crippen molar-refractivity contribution in [3.8, 4) is 0 Å². The minimum Gasteiger partial charge on any atom is -0.312 e. The van der Waals surface area contributed by atoms with Gasteiger partial charge in [0.25, 0.3) is 0 Å². The van der Waals surface area contributed by atoms with Crippen LogP contribution in [0, 0.1) is 11.8 Å². The van der Waals surface area contributed by atoms with Gasteiger partial charge >= 0.3 is 0 Å². The van der Waals surface area contributed by atoms with E-state index >= 15 is 0 Å². The number of carbonyl (C=O) groups excluding carboxylic acids is 2. The van der Waals surface area contributed by atoms with E-state index in [2.05, 4.69) is 12.1 Å². The van der Waals surface area contributed by atoms with Gasteiger partial charge in [-0.1, -0.05) is 61.4 Å². The maximum Gasteiger partial charge on any atom is 0.230 e. The van der Waals surface area contributed by atoms with Crippen LogP contribution in [-0.4, -0.2) is 18.2 Å². The number of ketones is 1. The van der Waals surface area contributed by atoms with Crippen molar-refractivity contribution in [1.29, 1.82) is 0 Å². The molecule has 3 atom stereocenters. The highest BCUT2D eigenvalue weighted by Crippen LogP contribution is 2.43.